The summed E-state index contributed by atoms with van der Waals surface area (Å²) in [6.45, 7) is 10.1. The van der Waals surface area contributed by atoms with Crippen molar-refractivity contribution in [2.45, 2.75) is 46.1 Å². The molecule has 2 aliphatic carbocycles. The maximum atomic E-state index is 11.6. The molecule has 0 radical (unpaired) electrons. The van der Waals surface area contributed by atoms with E-state index in [2.05, 4.69) is 27.4 Å². The van der Waals surface area contributed by atoms with Gasteiger partial charge in [0.2, 0.25) is 0 Å². The van der Waals surface area contributed by atoms with Crippen LogP contribution in [0.2, 0.25) is 0 Å². The second-order valence-electron chi connectivity index (χ2n) is 6.87. The van der Waals surface area contributed by atoms with Crippen LogP contribution in [0, 0.1) is 38.7 Å². The quantitative estimate of drug-likeness (QED) is 0.359. The Morgan fingerprint density at radius 1 is 1.38 bits per heavy atom. The van der Waals surface area contributed by atoms with Gasteiger partial charge in [-0.3, -0.25) is 4.79 Å². The Bertz CT molecular complexity index is 617. The molecule has 0 aromatic carbocycles. The van der Waals surface area contributed by atoms with Crippen LogP contribution in [0.25, 0.3) is 0 Å². The summed E-state index contributed by atoms with van der Waals surface area (Å²) in [5, 5.41) is 25.9. The molecule has 0 amide bonds. The molecule has 1 N–H and O–H groups in total. The summed E-state index contributed by atoms with van der Waals surface area (Å²) < 4.78 is 5.48. The molecule has 2 bridgehead atoms. The van der Waals surface area contributed by atoms with Crippen LogP contribution in [0.4, 0.5) is 0 Å². The fourth-order valence-electron chi connectivity index (χ4n) is 3.65. The fraction of sp³-hybridized carbons (Fsp3) is 0.647. The van der Waals surface area contributed by atoms with Gasteiger partial charge in [-0.25, -0.2) is 4.79 Å². The molecule has 2 aliphatic rings. The molecular weight excluding hydrogens is 328 g/mol. The average Bonchev–Trinajstić information content (AvgIpc) is 2.85. The maximum absolute atomic E-state index is 11.6. The van der Waals surface area contributed by atoms with Crippen LogP contribution in [0.3, 0.4) is 0 Å². The third kappa shape index (κ3) is 3.91. The van der Waals surface area contributed by atoms with Crippen LogP contribution >= 0.6 is 11.8 Å². The Morgan fingerprint density at radius 2 is 2.00 bits per heavy atom. The summed E-state index contributed by atoms with van der Waals surface area (Å²) in [6.07, 6.45) is 3.18. The third-order valence-electron chi connectivity index (χ3n) is 5.60. The molecular formula is C17H22N2O4S. The van der Waals surface area contributed by atoms with E-state index in [1.54, 1.807) is 11.5 Å². The van der Waals surface area contributed by atoms with Gasteiger partial charge in [0.15, 0.2) is 0 Å². The number of carbonyl (C=O) groups excluding carboxylic acids is 1. The Morgan fingerprint density at radius 3 is 2.33 bits per heavy atom. The summed E-state index contributed by atoms with van der Waals surface area (Å²) in [5.41, 5.74) is 0.156. The molecule has 0 heterocycles. The van der Waals surface area contributed by atoms with Gasteiger partial charge in [0.1, 0.15) is 28.9 Å². The first kappa shape index (κ1) is 20.1. The summed E-state index contributed by atoms with van der Waals surface area (Å²) >= 11 is 0.722. The molecule has 2 fully saturated rings. The number of rotatable bonds is 4. The van der Waals surface area contributed by atoms with Gasteiger partial charge < -0.3 is 9.84 Å². The first-order valence-corrected chi connectivity index (χ1v) is 8.61. The zero-order chi connectivity index (χ0) is 18.5. The number of fused-ring (bicyclic) bond motifs is 2. The lowest BCUT2D eigenvalue weighted by Gasteiger charge is -2.38. The smallest absolute Gasteiger partial charge is 0.348 e. The van der Waals surface area contributed by atoms with Crippen molar-refractivity contribution in [2.75, 3.05) is 5.75 Å². The Kier molecular flexibility index (Phi) is 6.45. The SMILES string of the molecule is C=C(C#N)C(=O)OC1C[C@H]2CC[C@@]1(C)C2(C)C.N#CSCC(=O)O. The van der Waals surface area contributed by atoms with E-state index in [-0.39, 0.29) is 28.3 Å². The van der Waals surface area contributed by atoms with E-state index in [1.165, 1.54) is 6.42 Å². The van der Waals surface area contributed by atoms with Crippen LogP contribution in [-0.2, 0) is 14.3 Å². The van der Waals surface area contributed by atoms with Crippen LogP contribution in [0.5, 0.6) is 0 Å². The number of carboxylic acids is 1. The van der Waals surface area contributed by atoms with E-state index in [1.807, 2.05) is 0 Å². The number of ether oxygens (including phenoxy) is 1. The van der Waals surface area contributed by atoms with Gasteiger partial charge in [-0.15, -0.1) is 0 Å². The van der Waals surface area contributed by atoms with Gasteiger partial charge >= 0.3 is 11.9 Å². The summed E-state index contributed by atoms with van der Waals surface area (Å²) in [6, 6.07) is 1.75. The molecule has 0 aliphatic heterocycles. The number of thioether (sulfide) groups is 1. The largest absolute Gasteiger partial charge is 0.481 e. The number of carbonyl (C=O) groups is 2. The van der Waals surface area contributed by atoms with Crippen molar-refractivity contribution in [1.29, 1.82) is 10.5 Å². The Balaban J connectivity index is 0.000000351. The van der Waals surface area contributed by atoms with Crippen LogP contribution in [0.1, 0.15) is 40.0 Å². The normalized spacial score (nSPS) is 28.7. The molecule has 130 valence electrons. The number of nitriles is 2. The zero-order valence-electron chi connectivity index (χ0n) is 14.2. The van der Waals surface area contributed by atoms with Crippen molar-refractivity contribution >= 4 is 23.7 Å². The highest BCUT2D eigenvalue weighted by molar-refractivity contribution is 8.04. The Hall–Kier alpha value is -1.99. The number of nitrogens with zero attached hydrogens (tertiary/aromatic N) is 2. The van der Waals surface area contributed by atoms with E-state index in [4.69, 9.17) is 20.4 Å². The third-order valence-corrected chi connectivity index (χ3v) is 6.13. The van der Waals surface area contributed by atoms with Gasteiger partial charge in [-0.1, -0.05) is 27.4 Å². The lowest BCUT2D eigenvalue weighted by molar-refractivity contribution is -0.151. The predicted molar refractivity (Wildman–Crippen MR) is 89.6 cm³/mol. The molecule has 0 spiro atoms. The average molecular weight is 350 g/mol. The van der Waals surface area contributed by atoms with E-state index in [9.17, 15) is 9.59 Å². The van der Waals surface area contributed by atoms with Crippen molar-refractivity contribution in [2.24, 2.45) is 16.7 Å². The highest BCUT2D eigenvalue weighted by Crippen LogP contribution is 2.66. The highest BCUT2D eigenvalue weighted by Gasteiger charge is 2.62. The molecule has 1 unspecified atom stereocenters. The van der Waals surface area contributed by atoms with Gasteiger partial charge in [-0.2, -0.15) is 10.5 Å². The highest BCUT2D eigenvalue weighted by atomic mass is 32.2. The standard InChI is InChI=1S/C14H19NO2.C3H3NO2S/c1-9(8-15)12(16)17-11-7-10-5-6-14(11,4)13(10,2)3;4-2-7-1-3(5)6/h10-11H,1,5-7H2,2-4H3;1H2,(H,5,6)/t10-,11?,14-;/m1./s1. The van der Waals surface area contributed by atoms with Crippen molar-refractivity contribution in [3.63, 3.8) is 0 Å². The van der Waals surface area contributed by atoms with Gasteiger partial charge in [0.25, 0.3) is 0 Å². The van der Waals surface area contributed by atoms with E-state index < -0.39 is 11.9 Å². The first-order chi connectivity index (χ1) is 11.1. The molecule has 2 saturated carbocycles. The van der Waals surface area contributed by atoms with Gasteiger partial charge in [0.05, 0.1) is 0 Å². The van der Waals surface area contributed by atoms with Crippen LogP contribution in [0.15, 0.2) is 12.2 Å². The van der Waals surface area contributed by atoms with Gasteiger partial charge in [0, 0.05) is 5.41 Å². The van der Waals surface area contributed by atoms with E-state index in [0.717, 1.165) is 24.6 Å². The van der Waals surface area contributed by atoms with Crippen molar-refractivity contribution in [1.82, 2.24) is 0 Å². The summed E-state index contributed by atoms with van der Waals surface area (Å²) in [4.78, 5) is 21.2. The molecule has 3 atom stereocenters. The molecule has 0 aromatic heterocycles. The number of hydrogen-bond acceptors (Lipinski definition) is 6. The van der Waals surface area contributed by atoms with Crippen molar-refractivity contribution < 1.29 is 19.4 Å². The molecule has 0 saturated heterocycles. The zero-order valence-corrected chi connectivity index (χ0v) is 15.0. The first-order valence-electron chi connectivity index (χ1n) is 7.62. The Labute approximate surface area is 146 Å². The number of esters is 1. The topological polar surface area (TPSA) is 111 Å². The lowest BCUT2D eigenvalue weighted by Crippen LogP contribution is -2.38. The molecule has 24 heavy (non-hydrogen) atoms. The van der Waals surface area contributed by atoms with Crippen molar-refractivity contribution in [3.05, 3.63) is 12.2 Å². The number of aliphatic carboxylic acids is 1. The van der Waals surface area contributed by atoms with Crippen LogP contribution < -0.4 is 0 Å². The number of hydrogen-bond donors (Lipinski definition) is 1. The monoisotopic (exact) mass is 350 g/mol. The predicted octanol–water partition coefficient (Wildman–Crippen LogP) is 3.11. The fourth-order valence-corrected chi connectivity index (χ4v) is 3.84. The second-order valence-corrected chi connectivity index (χ2v) is 7.63. The molecule has 6 nitrogen and oxygen atoms in total. The van der Waals surface area contributed by atoms with E-state index >= 15 is 0 Å². The molecule has 0 aromatic rings. The maximum Gasteiger partial charge on any atom is 0.348 e. The van der Waals surface area contributed by atoms with E-state index in [0.29, 0.717) is 5.92 Å². The number of thiocyanates is 1. The minimum absolute atomic E-state index is 0.0447. The summed E-state index contributed by atoms with van der Waals surface area (Å²) in [5.74, 6) is -1.01. The molecule has 2 rings (SSSR count). The van der Waals surface area contributed by atoms with Crippen molar-refractivity contribution in [3.8, 4) is 11.5 Å². The second kappa shape index (κ2) is 7.72. The van der Waals surface area contributed by atoms with Crippen LogP contribution in [-0.4, -0.2) is 28.9 Å². The minimum atomic E-state index is -0.952. The minimum Gasteiger partial charge on any atom is -0.481 e. The van der Waals surface area contributed by atoms with Gasteiger partial charge in [-0.05, 0) is 42.4 Å². The summed E-state index contributed by atoms with van der Waals surface area (Å²) in [7, 11) is 0. The lowest BCUT2D eigenvalue weighted by atomic mass is 9.70. The number of carboxylic acid groups (broad SMARTS) is 1. The molecule has 7 heteroatoms.